The van der Waals surface area contributed by atoms with Crippen LogP contribution in [-0.2, 0) is 25.8 Å². The molecule has 38 heavy (non-hydrogen) atoms. The van der Waals surface area contributed by atoms with Gasteiger partial charge in [-0.2, -0.15) is 16.8 Å². The van der Waals surface area contributed by atoms with Gasteiger partial charge in [0.2, 0.25) is 0 Å². The maximum Gasteiger partial charge on any atom is 0.294 e. The van der Waals surface area contributed by atoms with Crippen LogP contribution in [0.3, 0.4) is 0 Å². The summed E-state index contributed by atoms with van der Waals surface area (Å²) < 4.78 is 68.4. The third kappa shape index (κ3) is 5.87. The van der Waals surface area contributed by atoms with Gasteiger partial charge in [-0.15, -0.1) is 0 Å². The number of anilines is 2. The lowest BCUT2D eigenvalue weighted by Crippen LogP contribution is -2.32. The van der Waals surface area contributed by atoms with Crippen molar-refractivity contribution < 1.29 is 31.0 Å². The monoisotopic (exact) mass is 562 g/mol. The molecular weight excluding hydrogens is 528 g/mol. The molecule has 0 aliphatic rings. The molecule has 0 bridgehead atoms. The van der Waals surface area contributed by atoms with E-state index in [2.05, 4.69) is 9.80 Å². The summed E-state index contributed by atoms with van der Waals surface area (Å²) in [4.78, 5) is 2.86. The van der Waals surface area contributed by atoms with Crippen LogP contribution in [0.1, 0.15) is 44.4 Å². The molecule has 0 aliphatic carbocycles. The molecule has 3 N–H and O–H groups in total. The second kappa shape index (κ2) is 11.4. The van der Waals surface area contributed by atoms with Crippen LogP contribution in [0.5, 0.6) is 0 Å². The Kier molecular flexibility index (Phi) is 8.89. The normalized spacial score (nSPS) is 12.4. The van der Waals surface area contributed by atoms with E-state index in [1.54, 1.807) is 48.5 Å². The molecule has 3 rings (SSSR count). The lowest BCUT2D eigenvalue weighted by atomic mass is 9.80. The summed E-state index contributed by atoms with van der Waals surface area (Å²) in [5.41, 5.74) is -0.404. The van der Waals surface area contributed by atoms with Crippen molar-refractivity contribution in [2.45, 2.75) is 43.1 Å². The average Bonchev–Trinajstić information content (AvgIpc) is 2.89. The highest BCUT2D eigenvalue weighted by Gasteiger charge is 2.39. The van der Waals surface area contributed by atoms with Crippen LogP contribution in [0.15, 0.2) is 76.5 Å². The van der Waals surface area contributed by atoms with Gasteiger partial charge in [0.25, 0.3) is 20.2 Å². The molecule has 0 radical (unpaired) electrons. The van der Waals surface area contributed by atoms with Crippen LogP contribution in [-0.4, -0.2) is 57.2 Å². The maximum atomic E-state index is 12.4. The van der Waals surface area contributed by atoms with Gasteiger partial charge >= 0.3 is 0 Å². The van der Waals surface area contributed by atoms with E-state index in [1.807, 2.05) is 27.7 Å². The van der Waals surface area contributed by atoms with Crippen LogP contribution in [0.25, 0.3) is 0 Å². The SMILES string of the molecule is CCN(CC)c1ccc(C(O)(c2ccc(N(CC)CC)cc2)c2cc(S(=O)(=O)O)ccc2S(=O)(=O)O)cc1. The van der Waals surface area contributed by atoms with Gasteiger partial charge in [0, 0.05) is 43.1 Å². The van der Waals surface area contributed by atoms with Crippen molar-refractivity contribution in [2.24, 2.45) is 0 Å². The topological polar surface area (TPSA) is 135 Å². The highest BCUT2D eigenvalue weighted by atomic mass is 32.2. The number of rotatable bonds is 11. The average molecular weight is 563 g/mol. The standard InChI is InChI=1S/C27H34N2O7S2/c1-5-28(6-2)22-13-9-20(10-14-22)27(30,21-11-15-23(16-12-21)29(7-3)8-4)25-19-24(37(31,32)33)17-18-26(25)38(34,35)36/h9-19,30H,5-8H2,1-4H3,(H,31,32,33)(H,34,35,36). The van der Waals surface area contributed by atoms with Crippen molar-refractivity contribution in [2.75, 3.05) is 36.0 Å². The summed E-state index contributed by atoms with van der Waals surface area (Å²) in [7, 11) is -9.67. The Morgan fingerprint density at radius 1 is 0.632 bits per heavy atom. The van der Waals surface area contributed by atoms with Crippen molar-refractivity contribution in [3.63, 3.8) is 0 Å². The summed E-state index contributed by atoms with van der Waals surface area (Å²) in [6.45, 7) is 11.0. The van der Waals surface area contributed by atoms with Gasteiger partial charge in [-0.1, -0.05) is 24.3 Å². The molecule has 0 aromatic heterocycles. The van der Waals surface area contributed by atoms with E-state index in [0.717, 1.165) is 55.8 Å². The molecule has 0 heterocycles. The molecule has 9 nitrogen and oxygen atoms in total. The molecule has 0 unspecified atom stereocenters. The molecule has 0 aliphatic heterocycles. The number of nitrogens with zero attached hydrogens (tertiary/aromatic N) is 2. The lowest BCUT2D eigenvalue weighted by Gasteiger charge is -2.33. The van der Waals surface area contributed by atoms with E-state index >= 15 is 0 Å². The predicted octanol–water partition coefficient (Wildman–Crippen LogP) is 4.16. The summed E-state index contributed by atoms with van der Waals surface area (Å²) in [5.74, 6) is 0. The third-order valence-corrected chi connectivity index (χ3v) is 8.51. The first-order chi connectivity index (χ1) is 17.8. The zero-order valence-corrected chi connectivity index (χ0v) is 23.5. The van der Waals surface area contributed by atoms with Gasteiger partial charge in [-0.25, -0.2) is 0 Å². The number of benzene rings is 3. The van der Waals surface area contributed by atoms with Crippen molar-refractivity contribution in [3.05, 3.63) is 83.4 Å². The molecule has 11 heteroatoms. The van der Waals surface area contributed by atoms with Gasteiger partial charge in [0.05, 0.1) is 4.90 Å². The first-order valence-electron chi connectivity index (χ1n) is 12.3. The van der Waals surface area contributed by atoms with Gasteiger partial charge in [-0.05, 0) is 81.3 Å². The summed E-state index contributed by atoms with van der Waals surface area (Å²) in [6.07, 6.45) is 0. The molecular formula is C27H34N2O7S2. The second-order valence-corrected chi connectivity index (χ2v) is 11.6. The van der Waals surface area contributed by atoms with Gasteiger partial charge < -0.3 is 14.9 Å². The Balaban J connectivity index is 2.37. The Bertz CT molecular complexity index is 1410. The maximum absolute atomic E-state index is 12.4. The van der Waals surface area contributed by atoms with Crippen molar-refractivity contribution in [3.8, 4) is 0 Å². The molecule has 0 atom stereocenters. The van der Waals surface area contributed by atoms with E-state index in [0.29, 0.717) is 0 Å². The Labute approximate surface area is 224 Å². The summed E-state index contributed by atoms with van der Waals surface area (Å²) in [6, 6.07) is 16.2. The third-order valence-electron chi connectivity index (χ3n) is 6.74. The Hall–Kier alpha value is -2.96. The molecule has 0 spiro atoms. The first kappa shape index (κ1) is 29.6. The highest BCUT2D eigenvalue weighted by molar-refractivity contribution is 7.86. The lowest BCUT2D eigenvalue weighted by molar-refractivity contribution is 0.122. The molecule has 0 saturated heterocycles. The van der Waals surface area contributed by atoms with E-state index in [4.69, 9.17) is 0 Å². The van der Waals surface area contributed by atoms with Crippen molar-refractivity contribution in [1.29, 1.82) is 0 Å². The highest BCUT2D eigenvalue weighted by Crippen LogP contribution is 2.41. The van der Waals surface area contributed by atoms with E-state index < -0.39 is 41.2 Å². The number of hydrogen-bond donors (Lipinski definition) is 3. The Morgan fingerprint density at radius 3 is 1.34 bits per heavy atom. The fraction of sp³-hybridized carbons (Fsp3) is 0.333. The van der Waals surface area contributed by atoms with Crippen molar-refractivity contribution >= 4 is 31.6 Å². The van der Waals surface area contributed by atoms with Crippen LogP contribution < -0.4 is 9.80 Å². The minimum atomic E-state index is -4.91. The zero-order valence-electron chi connectivity index (χ0n) is 21.9. The number of aliphatic hydroxyl groups is 1. The van der Waals surface area contributed by atoms with E-state index in [1.165, 1.54) is 0 Å². The predicted molar refractivity (Wildman–Crippen MR) is 148 cm³/mol. The van der Waals surface area contributed by atoms with E-state index in [-0.39, 0.29) is 11.1 Å². The first-order valence-corrected chi connectivity index (χ1v) is 15.2. The minimum absolute atomic E-state index is 0.237. The molecule has 3 aromatic rings. The zero-order chi connectivity index (χ0) is 28.3. The quantitative estimate of drug-likeness (QED) is 0.233. The summed E-state index contributed by atoms with van der Waals surface area (Å²) >= 11 is 0. The smallest absolute Gasteiger partial charge is 0.294 e. The largest absolute Gasteiger partial charge is 0.376 e. The molecule has 3 aromatic carbocycles. The number of hydrogen-bond acceptors (Lipinski definition) is 7. The minimum Gasteiger partial charge on any atom is -0.376 e. The van der Waals surface area contributed by atoms with Crippen LogP contribution in [0, 0.1) is 0 Å². The second-order valence-electron chi connectivity index (χ2n) is 8.76. The van der Waals surface area contributed by atoms with Crippen LogP contribution >= 0.6 is 0 Å². The van der Waals surface area contributed by atoms with Crippen molar-refractivity contribution in [1.82, 2.24) is 0 Å². The fourth-order valence-corrected chi connectivity index (χ4v) is 5.89. The summed E-state index contributed by atoms with van der Waals surface area (Å²) in [5, 5.41) is 12.4. The molecule has 206 valence electrons. The fourth-order valence-electron chi connectivity index (χ4n) is 4.66. The van der Waals surface area contributed by atoms with Crippen LogP contribution in [0.2, 0.25) is 0 Å². The van der Waals surface area contributed by atoms with Gasteiger partial charge in [0.1, 0.15) is 10.5 Å². The molecule has 0 saturated carbocycles. The van der Waals surface area contributed by atoms with Gasteiger partial charge in [-0.3, -0.25) is 9.11 Å². The Morgan fingerprint density at radius 2 is 1.03 bits per heavy atom. The van der Waals surface area contributed by atoms with Gasteiger partial charge in [0.15, 0.2) is 0 Å². The van der Waals surface area contributed by atoms with E-state index in [9.17, 15) is 31.0 Å². The molecule has 0 amide bonds. The van der Waals surface area contributed by atoms with Crippen LogP contribution in [0.4, 0.5) is 11.4 Å². The molecule has 0 fully saturated rings.